The molecule has 6 nitrogen and oxygen atoms in total. The van der Waals surface area contributed by atoms with Crippen molar-refractivity contribution in [1.82, 2.24) is 10.1 Å². The van der Waals surface area contributed by atoms with Crippen LogP contribution in [-0.2, 0) is 22.6 Å². The van der Waals surface area contributed by atoms with Crippen LogP contribution < -0.4 is 4.74 Å². The van der Waals surface area contributed by atoms with Gasteiger partial charge in [-0.1, -0.05) is 42.4 Å². The Morgan fingerprint density at radius 1 is 1.19 bits per heavy atom. The summed E-state index contributed by atoms with van der Waals surface area (Å²) in [6.45, 7) is 1.57. The average molecular weight is 356 g/mol. The number of nitrogens with zero attached hydrogens (tertiary/aromatic N) is 2. The van der Waals surface area contributed by atoms with Crippen molar-refractivity contribution in [2.24, 2.45) is 0 Å². The predicted octanol–water partition coefficient (Wildman–Crippen LogP) is 3.56. The molecule has 0 atom stereocenters. The smallest absolute Gasteiger partial charge is 0.344 e. The molecular formula is C19H17FN2O4. The first-order chi connectivity index (χ1) is 12.6. The van der Waals surface area contributed by atoms with Gasteiger partial charge in [0, 0.05) is 11.6 Å². The van der Waals surface area contributed by atoms with E-state index in [-0.39, 0.29) is 24.9 Å². The van der Waals surface area contributed by atoms with Crippen LogP contribution in [0.15, 0.2) is 53.1 Å². The predicted molar refractivity (Wildman–Crippen MR) is 90.8 cm³/mol. The molecule has 26 heavy (non-hydrogen) atoms. The van der Waals surface area contributed by atoms with Crippen LogP contribution in [-0.4, -0.2) is 22.7 Å². The number of aryl methyl sites for hydroxylation is 1. The Labute approximate surface area is 149 Å². The molecule has 2 aromatic carbocycles. The molecule has 0 spiro atoms. The number of carbonyl (C=O) groups excluding carboxylic acids is 1. The van der Waals surface area contributed by atoms with Crippen LogP contribution in [0.3, 0.4) is 0 Å². The maximum Gasteiger partial charge on any atom is 0.344 e. The Bertz CT molecular complexity index is 877. The molecule has 0 aliphatic carbocycles. The van der Waals surface area contributed by atoms with Crippen molar-refractivity contribution in [3.05, 3.63) is 65.8 Å². The van der Waals surface area contributed by atoms with Gasteiger partial charge in [0.1, 0.15) is 11.6 Å². The fourth-order valence-corrected chi connectivity index (χ4v) is 2.20. The monoisotopic (exact) mass is 356 g/mol. The third kappa shape index (κ3) is 4.66. The fraction of sp³-hybridized carbons (Fsp3) is 0.211. The summed E-state index contributed by atoms with van der Waals surface area (Å²) in [6, 6.07) is 13.3. The van der Waals surface area contributed by atoms with Crippen LogP contribution in [0.25, 0.3) is 11.4 Å². The Morgan fingerprint density at radius 2 is 2.00 bits per heavy atom. The third-order valence-electron chi connectivity index (χ3n) is 3.60. The summed E-state index contributed by atoms with van der Waals surface area (Å²) in [5.41, 5.74) is 2.03. The maximum atomic E-state index is 13.0. The number of esters is 1. The van der Waals surface area contributed by atoms with Gasteiger partial charge in [-0.25, -0.2) is 9.18 Å². The molecule has 3 rings (SSSR count). The molecule has 0 aliphatic rings. The average Bonchev–Trinajstić information content (AvgIpc) is 3.14. The molecular weight excluding hydrogens is 339 g/mol. The highest BCUT2D eigenvalue weighted by atomic mass is 19.1. The number of benzene rings is 2. The minimum absolute atomic E-state index is 0.161. The lowest BCUT2D eigenvalue weighted by atomic mass is 10.1. The quantitative estimate of drug-likeness (QED) is 0.603. The molecule has 7 heteroatoms. The van der Waals surface area contributed by atoms with Gasteiger partial charge >= 0.3 is 5.97 Å². The van der Waals surface area contributed by atoms with E-state index in [0.29, 0.717) is 5.82 Å². The summed E-state index contributed by atoms with van der Waals surface area (Å²) in [4.78, 5) is 15.9. The largest absolute Gasteiger partial charge is 0.482 e. The van der Waals surface area contributed by atoms with Gasteiger partial charge in [0.05, 0.1) is 0 Å². The first-order valence-corrected chi connectivity index (χ1v) is 8.10. The van der Waals surface area contributed by atoms with Crippen LogP contribution in [0, 0.1) is 5.82 Å². The number of carbonyl (C=O) groups is 1. The fourth-order valence-electron chi connectivity index (χ4n) is 2.20. The van der Waals surface area contributed by atoms with Crippen LogP contribution in [0.5, 0.6) is 5.75 Å². The molecule has 134 valence electrons. The van der Waals surface area contributed by atoms with Gasteiger partial charge in [0.2, 0.25) is 5.82 Å². The summed E-state index contributed by atoms with van der Waals surface area (Å²) >= 11 is 0. The Kier molecular flexibility index (Phi) is 5.58. The van der Waals surface area contributed by atoms with Gasteiger partial charge in [0.25, 0.3) is 5.89 Å². The maximum absolute atomic E-state index is 13.0. The second kappa shape index (κ2) is 8.24. The molecule has 0 saturated carbocycles. The van der Waals surface area contributed by atoms with Crippen molar-refractivity contribution in [2.45, 2.75) is 20.0 Å². The Hall–Kier alpha value is -3.22. The Balaban J connectivity index is 1.50. The van der Waals surface area contributed by atoms with Crippen molar-refractivity contribution in [3.8, 4) is 17.1 Å². The van der Waals surface area contributed by atoms with Crippen LogP contribution in [0.1, 0.15) is 18.4 Å². The molecule has 0 aliphatic heterocycles. The van der Waals surface area contributed by atoms with Crippen LogP contribution in [0.2, 0.25) is 0 Å². The summed E-state index contributed by atoms with van der Waals surface area (Å²) in [6.07, 6.45) is 0.950. The van der Waals surface area contributed by atoms with Crippen molar-refractivity contribution >= 4 is 5.97 Å². The van der Waals surface area contributed by atoms with E-state index >= 15 is 0 Å². The SMILES string of the molecule is CCc1ccc(-c2noc(COC(=O)COc3cccc(F)c3)n2)cc1. The molecule has 0 radical (unpaired) electrons. The first kappa shape index (κ1) is 17.6. The molecule has 0 fully saturated rings. The van der Waals surface area contributed by atoms with Crippen LogP contribution >= 0.6 is 0 Å². The van der Waals surface area contributed by atoms with E-state index < -0.39 is 11.8 Å². The van der Waals surface area contributed by atoms with Crippen molar-refractivity contribution < 1.29 is 23.2 Å². The molecule has 0 saturated heterocycles. The molecule has 0 bridgehead atoms. The number of hydrogen-bond acceptors (Lipinski definition) is 6. The number of rotatable bonds is 7. The highest BCUT2D eigenvalue weighted by Crippen LogP contribution is 2.17. The molecule has 0 amide bonds. The third-order valence-corrected chi connectivity index (χ3v) is 3.60. The standard InChI is InChI=1S/C19H17FN2O4/c1-2-13-6-8-14(9-7-13)19-21-17(26-22-19)11-25-18(23)12-24-16-5-3-4-15(20)10-16/h3-10H,2,11-12H2,1H3. The summed E-state index contributed by atoms with van der Waals surface area (Å²) in [5.74, 6) is -0.214. The number of ether oxygens (including phenoxy) is 2. The second-order valence-electron chi connectivity index (χ2n) is 5.47. The van der Waals surface area contributed by atoms with E-state index in [9.17, 15) is 9.18 Å². The second-order valence-corrected chi connectivity index (χ2v) is 5.47. The summed E-state index contributed by atoms with van der Waals surface area (Å²) < 4.78 is 28.3. The minimum Gasteiger partial charge on any atom is -0.482 e. The zero-order chi connectivity index (χ0) is 18.4. The minimum atomic E-state index is -0.624. The van der Waals surface area contributed by atoms with E-state index in [1.54, 1.807) is 6.07 Å². The van der Waals surface area contributed by atoms with E-state index in [0.717, 1.165) is 12.0 Å². The van der Waals surface area contributed by atoms with Gasteiger partial charge in [0.15, 0.2) is 13.2 Å². The highest BCUT2D eigenvalue weighted by Gasteiger charge is 2.12. The molecule has 0 N–H and O–H groups in total. The van der Waals surface area contributed by atoms with Gasteiger partial charge < -0.3 is 14.0 Å². The zero-order valence-corrected chi connectivity index (χ0v) is 14.1. The topological polar surface area (TPSA) is 74.5 Å². The lowest BCUT2D eigenvalue weighted by Crippen LogP contribution is -2.14. The van der Waals surface area contributed by atoms with E-state index in [1.807, 2.05) is 24.3 Å². The summed E-state index contributed by atoms with van der Waals surface area (Å²) in [5, 5.41) is 3.87. The zero-order valence-electron chi connectivity index (χ0n) is 14.1. The van der Waals surface area contributed by atoms with E-state index in [4.69, 9.17) is 14.0 Å². The normalized spacial score (nSPS) is 10.5. The lowest BCUT2D eigenvalue weighted by Gasteiger charge is -2.05. The number of aromatic nitrogens is 2. The van der Waals surface area contributed by atoms with Gasteiger partial charge in [-0.2, -0.15) is 4.98 Å². The van der Waals surface area contributed by atoms with Crippen molar-refractivity contribution in [2.75, 3.05) is 6.61 Å². The first-order valence-electron chi connectivity index (χ1n) is 8.10. The van der Waals surface area contributed by atoms with Crippen LogP contribution in [0.4, 0.5) is 4.39 Å². The molecule has 1 heterocycles. The van der Waals surface area contributed by atoms with Crippen molar-refractivity contribution in [1.29, 1.82) is 0 Å². The van der Waals surface area contributed by atoms with Gasteiger partial charge in [-0.05, 0) is 24.1 Å². The molecule has 0 unspecified atom stereocenters. The number of hydrogen-bond donors (Lipinski definition) is 0. The highest BCUT2D eigenvalue weighted by molar-refractivity contribution is 5.71. The van der Waals surface area contributed by atoms with E-state index in [2.05, 4.69) is 17.1 Å². The van der Waals surface area contributed by atoms with Gasteiger partial charge in [-0.3, -0.25) is 0 Å². The van der Waals surface area contributed by atoms with E-state index in [1.165, 1.54) is 23.8 Å². The molecule has 3 aromatic rings. The summed E-state index contributed by atoms with van der Waals surface area (Å²) in [7, 11) is 0. The van der Waals surface area contributed by atoms with Crippen molar-refractivity contribution in [3.63, 3.8) is 0 Å². The number of halogens is 1. The van der Waals surface area contributed by atoms with Gasteiger partial charge in [-0.15, -0.1) is 0 Å². The lowest BCUT2D eigenvalue weighted by molar-refractivity contribution is -0.148. The molecule has 1 aromatic heterocycles. The Morgan fingerprint density at radius 3 is 2.73 bits per heavy atom.